The van der Waals surface area contributed by atoms with E-state index in [4.69, 9.17) is 11.6 Å². The van der Waals surface area contributed by atoms with Gasteiger partial charge in [-0.25, -0.2) is 0 Å². The van der Waals surface area contributed by atoms with Crippen molar-refractivity contribution >= 4 is 27.5 Å². The van der Waals surface area contributed by atoms with E-state index in [2.05, 4.69) is 21.2 Å². The van der Waals surface area contributed by atoms with Gasteiger partial charge in [-0.15, -0.1) is 0 Å². The lowest BCUT2D eigenvalue weighted by Gasteiger charge is -2.10. The Morgan fingerprint density at radius 3 is 2.83 bits per heavy atom. The van der Waals surface area contributed by atoms with Gasteiger partial charge in [-0.1, -0.05) is 53.2 Å². The third-order valence-corrected chi connectivity index (χ3v) is 4.77. The van der Waals surface area contributed by atoms with Crippen molar-refractivity contribution in [1.82, 2.24) is 5.32 Å². The van der Waals surface area contributed by atoms with Crippen molar-refractivity contribution in [3.63, 3.8) is 0 Å². The molecule has 1 aliphatic carbocycles. The third kappa shape index (κ3) is 4.56. The van der Waals surface area contributed by atoms with Crippen molar-refractivity contribution in [2.75, 3.05) is 6.54 Å². The van der Waals surface area contributed by atoms with E-state index >= 15 is 0 Å². The lowest BCUT2D eigenvalue weighted by Crippen LogP contribution is -2.15. The van der Waals surface area contributed by atoms with Crippen molar-refractivity contribution < 1.29 is 0 Å². The molecule has 1 nitrogen and oxygen atoms in total. The highest BCUT2D eigenvalue weighted by molar-refractivity contribution is 9.10. The lowest BCUT2D eigenvalue weighted by atomic mass is 10.0. The summed E-state index contributed by atoms with van der Waals surface area (Å²) in [5.41, 5.74) is 1.24. The van der Waals surface area contributed by atoms with E-state index in [1.54, 1.807) is 0 Å². The Morgan fingerprint density at radius 1 is 1.28 bits per heavy atom. The first-order valence-electron chi connectivity index (χ1n) is 6.90. The average molecular weight is 331 g/mol. The minimum atomic E-state index is 0.806. The maximum Gasteiger partial charge on any atom is 0.0410 e. The van der Waals surface area contributed by atoms with Crippen LogP contribution in [0.15, 0.2) is 22.7 Å². The van der Waals surface area contributed by atoms with Crippen LogP contribution in [0.1, 0.15) is 44.1 Å². The van der Waals surface area contributed by atoms with Gasteiger partial charge in [0.2, 0.25) is 0 Å². The molecule has 0 saturated heterocycles. The van der Waals surface area contributed by atoms with Crippen molar-refractivity contribution in [3.8, 4) is 0 Å². The summed E-state index contributed by atoms with van der Waals surface area (Å²) < 4.78 is 1.13. The smallest absolute Gasteiger partial charge is 0.0410 e. The summed E-state index contributed by atoms with van der Waals surface area (Å²) >= 11 is 9.55. The SMILES string of the molecule is Clc1ccc(Br)c(CNCCCC2CCCC2)c1. The Bertz CT molecular complexity index is 375. The maximum absolute atomic E-state index is 5.99. The lowest BCUT2D eigenvalue weighted by molar-refractivity contribution is 0.470. The maximum atomic E-state index is 5.99. The predicted molar refractivity (Wildman–Crippen MR) is 82.1 cm³/mol. The van der Waals surface area contributed by atoms with Crippen molar-refractivity contribution in [3.05, 3.63) is 33.3 Å². The number of hydrogen-bond donors (Lipinski definition) is 1. The van der Waals surface area contributed by atoms with Crippen LogP contribution < -0.4 is 5.32 Å². The van der Waals surface area contributed by atoms with Crippen LogP contribution in [0.2, 0.25) is 5.02 Å². The number of halogens is 2. The molecule has 0 bridgehead atoms. The van der Waals surface area contributed by atoms with Crippen molar-refractivity contribution in [2.45, 2.75) is 45.1 Å². The van der Waals surface area contributed by atoms with Crippen molar-refractivity contribution in [2.24, 2.45) is 5.92 Å². The van der Waals surface area contributed by atoms with Gasteiger partial charge in [-0.2, -0.15) is 0 Å². The molecule has 0 amide bonds. The Balaban J connectivity index is 1.64. The molecule has 100 valence electrons. The minimum Gasteiger partial charge on any atom is -0.313 e. The summed E-state index contributed by atoms with van der Waals surface area (Å²) in [4.78, 5) is 0. The summed E-state index contributed by atoms with van der Waals surface area (Å²) in [5.74, 6) is 1.00. The zero-order valence-electron chi connectivity index (χ0n) is 10.7. The number of benzene rings is 1. The highest BCUT2D eigenvalue weighted by Crippen LogP contribution is 2.28. The van der Waals surface area contributed by atoms with E-state index in [0.29, 0.717) is 0 Å². The van der Waals surface area contributed by atoms with Gasteiger partial charge in [0.25, 0.3) is 0 Å². The molecule has 3 heteroatoms. The Morgan fingerprint density at radius 2 is 2.06 bits per heavy atom. The van der Waals surface area contributed by atoms with E-state index in [1.165, 1.54) is 44.1 Å². The Kier molecular flexibility index (Phi) is 6.00. The molecule has 1 N–H and O–H groups in total. The summed E-state index contributed by atoms with van der Waals surface area (Å²) in [6, 6.07) is 5.95. The molecule has 0 heterocycles. The van der Waals surface area contributed by atoms with Crippen LogP contribution in [0, 0.1) is 5.92 Å². The molecule has 18 heavy (non-hydrogen) atoms. The molecule has 1 saturated carbocycles. The zero-order valence-corrected chi connectivity index (χ0v) is 13.1. The van der Waals surface area contributed by atoms with E-state index in [9.17, 15) is 0 Å². The van der Waals surface area contributed by atoms with Gasteiger partial charge >= 0.3 is 0 Å². The monoisotopic (exact) mass is 329 g/mol. The fourth-order valence-corrected chi connectivity index (χ4v) is 3.30. The fraction of sp³-hybridized carbons (Fsp3) is 0.600. The highest BCUT2D eigenvalue weighted by atomic mass is 79.9. The van der Waals surface area contributed by atoms with E-state index < -0.39 is 0 Å². The summed E-state index contributed by atoms with van der Waals surface area (Å²) in [7, 11) is 0. The first-order chi connectivity index (χ1) is 8.75. The van der Waals surface area contributed by atoms with E-state index in [1.807, 2.05) is 18.2 Å². The molecule has 0 aromatic heterocycles. The fourth-order valence-electron chi connectivity index (χ4n) is 2.72. The molecule has 1 fully saturated rings. The van der Waals surface area contributed by atoms with Crippen LogP contribution in [-0.2, 0) is 6.54 Å². The number of nitrogens with one attached hydrogen (secondary N) is 1. The molecule has 2 rings (SSSR count). The van der Waals surface area contributed by atoms with Gasteiger partial charge < -0.3 is 5.32 Å². The number of hydrogen-bond acceptors (Lipinski definition) is 1. The summed E-state index contributed by atoms with van der Waals surface area (Å²) in [6.45, 7) is 2.00. The topological polar surface area (TPSA) is 12.0 Å². The van der Waals surface area contributed by atoms with Crippen LogP contribution in [0.4, 0.5) is 0 Å². The van der Waals surface area contributed by atoms with E-state index in [-0.39, 0.29) is 0 Å². The second-order valence-corrected chi connectivity index (χ2v) is 6.50. The summed E-state index contributed by atoms with van der Waals surface area (Å²) in [6.07, 6.45) is 8.51. The number of rotatable bonds is 6. The largest absolute Gasteiger partial charge is 0.313 e. The molecule has 0 aliphatic heterocycles. The quantitative estimate of drug-likeness (QED) is 0.710. The Labute approximate surface area is 123 Å². The van der Waals surface area contributed by atoms with Crippen LogP contribution in [0.3, 0.4) is 0 Å². The zero-order chi connectivity index (χ0) is 12.8. The summed E-state index contributed by atoms with van der Waals surface area (Å²) in [5, 5.41) is 4.31. The molecular weight excluding hydrogens is 310 g/mol. The third-order valence-electron chi connectivity index (χ3n) is 3.76. The van der Waals surface area contributed by atoms with Crippen LogP contribution in [0.5, 0.6) is 0 Å². The van der Waals surface area contributed by atoms with Crippen LogP contribution in [0.25, 0.3) is 0 Å². The molecule has 0 radical (unpaired) electrons. The van der Waals surface area contributed by atoms with Crippen molar-refractivity contribution in [1.29, 1.82) is 0 Å². The molecular formula is C15H21BrClN. The molecule has 1 aromatic rings. The van der Waals surface area contributed by atoms with Gasteiger partial charge in [0.15, 0.2) is 0 Å². The van der Waals surface area contributed by atoms with Gasteiger partial charge in [0.05, 0.1) is 0 Å². The molecule has 0 atom stereocenters. The second-order valence-electron chi connectivity index (χ2n) is 5.21. The molecule has 0 unspecified atom stereocenters. The van der Waals surface area contributed by atoms with Crippen LogP contribution in [-0.4, -0.2) is 6.54 Å². The average Bonchev–Trinajstić information content (AvgIpc) is 2.86. The first-order valence-corrected chi connectivity index (χ1v) is 8.07. The molecule has 1 aliphatic rings. The molecule has 1 aromatic carbocycles. The van der Waals surface area contributed by atoms with E-state index in [0.717, 1.165) is 28.5 Å². The van der Waals surface area contributed by atoms with Gasteiger partial charge in [0.1, 0.15) is 0 Å². The van der Waals surface area contributed by atoms with Gasteiger partial charge in [-0.05, 0) is 49.1 Å². The van der Waals surface area contributed by atoms with Gasteiger partial charge in [0, 0.05) is 16.0 Å². The van der Waals surface area contributed by atoms with Crippen LogP contribution >= 0.6 is 27.5 Å². The normalized spacial score (nSPS) is 16.3. The predicted octanol–water partition coefficient (Wildman–Crippen LogP) is 5.16. The first kappa shape index (κ1) is 14.4. The Hall–Kier alpha value is -0.0500. The minimum absolute atomic E-state index is 0.806. The highest BCUT2D eigenvalue weighted by Gasteiger charge is 2.13. The van der Waals surface area contributed by atoms with Gasteiger partial charge in [-0.3, -0.25) is 0 Å². The molecule has 0 spiro atoms. The standard InChI is InChI=1S/C15H21BrClN/c16-15-8-7-14(17)10-13(15)11-18-9-3-6-12-4-1-2-5-12/h7-8,10,12,18H,1-6,9,11H2. The second kappa shape index (κ2) is 7.52.